The van der Waals surface area contributed by atoms with Gasteiger partial charge in [-0.05, 0) is 13.0 Å². The van der Waals surface area contributed by atoms with Crippen LogP contribution in [0.15, 0.2) is 42.6 Å². The molecule has 1 aromatic heterocycles. The smallest absolute Gasteiger partial charge is 0.251 e. The fraction of sp³-hybridized carbons (Fsp3) is 0.214. The first-order chi connectivity index (χ1) is 9.29. The van der Waals surface area contributed by atoms with Gasteiger partial charge in [0.2, 0.25) is 0 Å². The molecule has 0 atom stereocenters. The molecule has 0 fully saturated rings. The monoisotopic (exact) mass is 257 g/mol. The molecule has 2 rings (SSSR count). The molecular weight excluding hydrogens is 242 g/mol. The number of nitrogens with zero attached hydrogens (tertiary/aromatic N) is 2. The lowest BCUT2D eigenvalue weighted by Crippen LogP contribution is -2.19. The summed E-state index contributed by atoms with van der Waals surface area (Å²) < 4.78 is 5.03. The molecule has 1 N–H and O–H groups in total. The van der Waals surface area contributed by atoms with Crippen LogP contribution in [0.3, 0.4) is 0 Å². The number of rotatable bonds is 5. The third-order valence-electron chi connectivity index (χ3n) is 2.39. The Morgan fingerprint density at radius 3 is 2.79 bits per heavy atom. The zero-order valence-electron chi connectivity index (χ0n) is 10.7. The van der Waals surface area contributed by atoms with Crippen molar-refractivity contribution >= 4 is 11.7 Å². The van der Waals surface area contributed by atoms with Crippen molar-refractivity contribution in [3.63, 3.8) is 0 Å². The van der Waals surface area contributed by atoms with Crippen LogP contribution in [0, 0.1) is 0 Å². The van der Waals surface area contributed by atoms with Crippen LogP contribution >= 0.6 is 0 Å². The highest BCUT2D eigenvalue weighted by atomic mass is 16.5. The molecule has 0 aliphatic rings. The molecule has 2 aromatic rings. The second kappa shape index (κ2) is 6.61. The number of aromatic nitrogens is 2. The first kappa shape index (κ1) is 13.2. The highest BCUT2D eigenvalue weighted by Crippen LogP contribution is 2.15. The van der Waals surface area contributed by atoms with E-state index in [4.69, 9.17) is 4.74 Å². The number of nitrogens with one attached hydrogen (secondary N) is 1. The molecular formula is C14H15N3O2. The van der Waals surface area contributed by atoms with Gasteiger partial charge in [-0.2, -0.15) is 0 Å². The van der Waals surface area contributed by atoms with Gasteiger partial charge < -0.3 is 10.1 Å². The average molecular weight is 257 g/mol. The summed E-state index contributed by atoms with van der Waals surface area (Å²) >= 11 is 0. The SMILES string of the molecule is CCOCC(=O)Nc1ccnc(-c2ccccc2)n1. The summed E-state index contributed by atoms with van der Waals surface area (Å²) in [7, 11) is 0. The molecule has 5 heteroatoms. The quantitative estimate of drug-likeness (QED) is 0.891. The van der Waals surface area contributed by atoms with Gasteiger partial charge in [-0.25, -0.2) is 9.97 Å². The van der Waals surface area contributed by atoms with Gasteiger partial charge in [0.15, 0.2) is 5.82 Å². The molecule has 1 aromatic carbocycles. The van der Waals surface area contributed by atoms with Gasteiger partial charge >= 0.3 is 0 Å². The van der Waals surface area contributed by atoms with Crippen LogP contribution in [0.1, 0.15) is 6.92 Å². The molecule has 0 bridgehead atoms. The second-order valence-corrected chi connectivity index (χ2v) is 3.82. The summed E-state index contributed by atoms with van der Waals surface area (Å²) in [5.74, 6) is 0.827. The van der Waals surface area contributed by atoms with Crippen LogP contribution in [0.4, 0.5) is 5.82 Å². The van der Waals surface area contributed by atoms with E-state index in [1.165, 1.54) is 0 Å². The van der Waals surface area contributed by atoms with Gasteiger partial charge in [-0.1, -0.05) is 30.3 Å². The van der Waals surface area contributed by atoms with E-state index >= 15 is 0 Å². The van der Waals surface area contributed by atoms with E-state index in [0.29, 0.717) is 18.2 Å². The Kier molecular flexibility index (Phi) is 4.58. The van der Waals surface area contributed by atoms with Crippen LogP contribution in [0.5, 0.6) is 0 Å². The van der Waals surface area contributed by atoms with Crippen molar-refractivity contribution in [1.29, 1.82) is 0 Å². The molecule has 0 radical (unpaired) electrons. The predicted molar refractivity (Wildman–Crippen MR) is 72.6 cm³/mol. The van der Waals surface area contributed by atoms with E-state index in [0.717, 1.165) is 5.56 Å². The minimum absolute atomic E-state index is 0.0289. The van der Waals surface area contributed by atoms with Crippen LogP contribution in [-0.4, -0.2) is 29.1 Å². The Morgan fingerprint density at radius 2 is 2.05 bits per heavy atom. The first-order valence-electron chi connectivity index (χ1n) is 6.05. The fourth-order valence-corrected chi connectivity index (χ4v) is 1.53. The minimum Gasteiger partial charge on any atom is -0.372 e. The van der Waals surface area contributed by atoms with Crippen LogP contribution < -0.4 is 5.32 Å². The number of hydrogen-bond acceptors (Lipinski definition) is 4. The lowest BCUT2D eigenvalue weighted by atomic mass is 10.2. The Labute approximate surface area is 111 Å². The Morgan fingerprint density at radius 1 is 1.26 bits per heavy atom. The lowest BCUT2D eigenvalue weighted by molar-refractivity contribution is -0.120. The molecule has 98 valence electrons. The Bertz CT molecular complexity index is 543. The molecule has 0 aliphatic carbocycles. The minimum atomic E-state index is -0.223. The second-order valence-electron chi connectivity index (χ2n) is 3.82. The summed E-state index contributed by atoms with van der Waals surface area (Å²) in [4.78, 5) is 20.0. The van der Waals surface area contributed by atoms with Crippen molar-refractivity contribution in [2.75, 3.05) is 18.5 Å². The molecule has 0 saturated heterocycles. The van der Waals surface area contributed by atoms with Crippen LogP contribution in [-0.2, 0) is 9.53 Å². The maximum atomic E-state index is 11.5. The number of carbonyl (C=O) groups excluding carboxylic acids is 1. The summed E-state index contributed by atoms with van der Waals surface area (Å²) in [6.07, 6.45) is 1.62. The van der Waals surface area contributed by atoms with Crippen molar-refractivity contribution < 1.29 is 9.53 Å². The molecule has 0 aliphatic heterocycles. The average Bonchev–Trinajstić information content (AvgIpc) is 2.46. The Balaban J connectivity index is 2.10. The highest BCUT2D eigenvalue weighted by Gasteiger charge is 2.05. The van der Waals surface area contributed by atoms with Gasteiger partial charge in [-0.15, -0.1) is 0 Å². The third kappa shape index (κ3) is 3.86. The number of carbonyl (C=O) groups is 1. The number of amides is 1. The topological polar surface area (TPSA) is 64.1 Å². The molecule has 0 spiro atoms. The van der Waals surface area contributed by atoms with Gasteiger partial charge in [0.25, 0.3) is 5.91 Å². The first-order valence-corrected chi connectivity index (χ1v) is 6.05. The number of ether oxygens (including phenoxy) is 1. The summed E-state index contributed by atoms with van der Waals surface area (Å²) in [6.45, 7) is 2.37. The van der Waals surface area contributed by atoms with Crippen molar-refractivity contribution in [3.05, 3.63) is 42.6 Å². The van der Waals surface area contributed by atoms with Gasteiger partial charge in [0.05, 0.1) is 0 Å². The third-order valence-corrected chi connectivity index (χ3v) is 2.39. The van der Waals surface area contributed by atoms with Crippen LogP contribution in [0.2, 0.25) is 0 Å². The molecule has 1 amide bonds. The van der Waals surface area contributed by atoms with Crippen molar-refractivity contribution in [2.24, 2.45) is 0 Å². The Hall–Kier alpha value is -2.27. The fourth-order valence-electron chi connectivity index (χ4n) is 1.53. The van der Waals surface area contributed by atoms with E-state index < -0.39 is 0 Å². The van der Waals surface area contributed by atoms with E-state index in [9.17, 15) is 4.79 Å². The van der Waals surface area contributed by atoms with Crippen molar-refractivity contribution in [2.45, 2.75) is 6.92 Å². The maximum absolute atomic E-state index is 11.5. The van der Waals surface area contributed by atoms with E-state index in [1.807, 2.05) is 37.3 Å². The number of anilines is 1. The number of hydrogen-bond donors (Lipinski definition) is 1. The summed E-state index contributed by atoms with van der Waals surface area (Å²) in [5.41, 5.74) is 0.906. The largest absolute Gasteiger partial charge is 0.372 e. The molecule has 0 saturated carbocycles. The lowest BCUT2D eigenvalue weighted by Gasteiger charge is -2.06. The van der Waals surface area contributed by atoms with Gasteiger partial charge in [0, 0.05) is 18.4 Å². The number of benzene rings is 1. The van der Waals surface area contributed by atoms with Crippen molar-refractivity contribution in [3.8, 4) is 11.4 Å². The van der Waals surface area contributed by atoms with Crippen LogP contribution in [0.25, 0.3) is 11.4 Å². The van der Waals surface area contributed by atoms with E-state index in [2.05, 4.69) is 15.3 Å². The maximum Gasteiger partial charge on any atom is 0.251 e. The van der Waals surface area contributed by atoms with E-state index in [1.54, 1.807) is 12.3 Å². The molecule has 0 unspecified atom stereocenters. The van der Waals surface area contributed by atoms with Gasteiger partial charge in [0.1, 0.15) is 12.4 Å². The standard InChI is InChI=1S/C14H15N3O2/c1-2-19-10-13(18)16-12-8-9-15-14(17-12)11-6-4-3-5-7-11/h3-9H,2,10H2,1H3,(H,15,16,17,18). The molecule has 1 heterocycles. The zero-order valence-corrected chi connectivity index (χ0v) is 10.7. The van der Waals surface area contributed by atoms with Gasteiger partial charge in [-0.3, -0.25) is 4.79 Å². The predicted octanol–water partition coefficient (Wildman–Crippen LogP) is 2.12. The molecule has 5 nitrogen and oxygen atoms in total. The summed E-state index contributed by atoms with van der Waals surface area (Å²) in [6, 6.07) is 11.2. The summed E-state index contributed by atoms with van der Waals surface area (Å²) in [5, 5.41) is 2.67. The van der Waals surface area contributed by atoms with Crippen molar-refractivity contribution in [1.82, 2.24) is 9.97 Å². The molecule has 19 heavy (non-hydrogen) atoms. The van der Waals surface area contributed by atoms with E-state index in [-0.39, 0.29) is 12.5 Å². The zero-order chi connectivity index (χ0) is 13.5. The normalized spacial score (nSPS) is 10.2. The highest BCUT2D eigenvalue weighted by molar-refractivity contribution is 5.90.